The summed E-state index contributed by atoms with van der Waals surface area (Å²) in [5.74, 6) is -0.568. The van der Waals surface area contributed by atoms with Crippen molar-refractivity contribution in [2.45, 2.75) is 6.92 Å². The smallest absolute Gasteiger partial charge is 0.247 e. The average molecular weight is 267 g/mol. The molecule has 88 valence electrons. The Hall–Kier alpha value is -1.65. The molecule has 2 rings (SSSR count). The van der Waals surface area contributed by atoms with Crippen molar-refractivity contribution in [3.05, 3.63) is 23.8 Å². The number of nitrogens with one attached hydrogen (secondary N) is 1. The van der Waals surface area contributed by atoms with E-state index in [-0.39, 0.29) is 0 Å². The summed E-state index contributed by atoms with van der Waals surface area (Å²) in [6.45, 7) is 1.96. The van der Waals surface area contributed by atoms with Crippen molar-refractivity contribution < 1.29 is 8.42 Å². The number of nitrogens with zero attached hydrogens (tertiary/aromatic N) is 2. The van der Waals surface area contributed by atoms with E-state index in [0.717, 1.165) is 15.8 Å². The van der Waals surface area contributed by atoms with Crippen molar-refractivity contribution >= 4 is 36.7 Å². The van der Waals surface area contributed by atoms with Crippen LogP contribution in [0.25, 0.3) is 10.2 Å². The Kier molecular flexibility index (Phi) is 3.00. The molecule has 0 aliphatic carbocycles. The Bertz CT molecular complexity index is 698. The Morgan fingerprint density at radius 1 is 1.53 bits per heavy atom. The maximum absolute atomic E-state index is 11.4. The second-order valence-corrected chi connectivity index (χ2v) is 6.26. The summed E-state index contributed by atoms with van der Waals surface area (Å²) in [5, 5.41) is 8.66. The second kappa shape index (κ2) is 4.31. The van der Waals surface area contributed by atoms with Gasteiger partial charge in [-0.1, -0.05) is 17.4 Å². The number of sulfonamides is 1. The molecule has 0 saturated heterocycles. The largest absolute Gasteiger partial charge is 0.258 e. The van der Waals surface area contributed by atoms with Crippen LogP contribution in [0.2, 0.25) is 0 Å². The van der Waals surface area contributed by atoms with E-state index in [9.17, 15) is 8.42 Å². The standard InChI is InChI=1S/C10H9N3O2S2/c1-7-2-3-8-9(6-7)16-10(12-8)13-17(14,15)5-4-11/h2-3,6H,5H2,1H3,(H,12,13). The van der Waals surface area contributed by atoms with Gasteiger partial charge in [-0.05, 0) is 24.6 Å². The molecule has 0 radical (unpaired) electrons. The molecule has 0 unspecified atom stereocenters. The van der Waals surface area contributed by atoms with Crippen LogP contribution in [0.4, 0.5) is 5.13 Å². The number of thiazole rings is 1. The van der Waals surface area contributed by atoms with Crippen molar-refractivity contribution in [2.75, 3.05) is 10.5 Å². The first-order chi connectivity index (χ1) is 8.00. The van der Waals surface area contributed by atoms with Gasteiger partial charge in [0.25, 0.3) is 0 Å². The van der Waals surface area contributed by atoms with Crippen LogP contribution in [-0.2, 0) is 10.0 Å². The molecule has 5 nitrogen and oxygen atoms in total. The molecule has 17 heavy (non-hydrogen) atoms. The highest BCUT2D eigenvalue weighted by atomic mass is 32.2. The van der Waals surface area contributed by atoms with Crippen LogP contribution in [0.3, 0.4) is 0 Å². The van der Waals surface area contributed by atoms with Crippen LogP contribution in [0.1, 0.15) is 5.56 Å². The fourth-order valence-electron chi connectivity index (χ4n) is 1.33. The minimum atomic E-state index is -3.61. The average Bonchev–Trinajstić information content (AvgIpc) is 2.57. The summed E-state index contributed by atoms with van der Waals surface area (Å²) in [4.78, 5) is 4.14. The van der Waals surface area contributed by atoms with Crippen molar-refractivity contribution in [1.82, 2.24) is 4.98 Å². The molecule has 0 atom stereocenters. The van der Waals surface area contributed by atoms with Crippen molar-refractivity contribution in [2.24, 2.45) is 0 Å². The quantitative estimate of drug-likeness (QED) is 0.920. The van der Waals surface area contributed by atoms with E-state index >= 15 is 0 Å². The fourth-order valence-corrected chi connectivity index (χ4v) is 3.25. The summed E-state index contributed by atoms with van der Waals surface area (Å²) in [5.41, 5.74) is 1.84. The van der Waals surface area contributed by atoms with Gasteiger partial charge >= 0.3 is 0 Å². The molecule has 0 fully saturated rings. The van der Waals surface area contributed by atoms with E-state index in [1.165, 1.54) is 11.3 Å². The van der Waals surface area contributed by atoms with Crippen molar-refractivity contribution in [3.63, 3.8) is 0 Å². The van der Waals surface area contributed by atoms with Crippen LogP contribution in [0.15, 0.2) is 18.2 Å². The lowest BCUT2D eigenvalue weighted by Gasteiger charge is -1.98. The van der Waals surface area contributed by atoms with Gasteiger partial charge in [0, 0.05) is 0 Å². The molecule has 0 bridgehead atoms. The number of anilines is 1. The van der Waals surface area contributed by atoms with Crippen LogP contribution in [0, 0.1) is 18.3 Å². The lowest BCUT2D eigenvalue weighted by molar-refractivity contribution is 0.604. The highest BCUT2D eigenvalue weighted by Crippen LogP contribution is 2.27. The molecule has 0 spiro atoms. The third-order valence-corrected chi connectivity index (χ3v) is 4.12. The molecule has 2 aromatic rings. The third-order valence-electron chi connectivity index (χ3n) is 2.04. The van der Waals surface area contributed by atoms with E-state index < -0.39 is 15.8 Å². The Labute approximate surface area is 103 Å². The van der Waals surface area contributed by atoms with E-state index in [4.69, 9.17) is 5.26 Å². The number of nitriles is 1. The molecular formula is C10H9N3O2S2. The SMILES string of the molecule is Cc1ccc2nc(NS(=O)(=O)CC#N)sc2c1. The molecule has 0 amide bonds. The molecule has 7 heteroatoms. The highest BCUT2D eigenvalue weighted by Gasteiger charge is 2.12. The van der Waals surface area contributed by atoms with Crippen LogP contribution < -0.4 is 4.72 Å². The number of hydrogen-bond acceptors (Lipinski definition) is 5. The van der Waals surface area contributed by atoms with Crippen molar-refractivity contribution in [1.29, 1.82) is 5.26 Å². The molecule has 1 N–H and O–H groups in total. The van der Waals surface area contributed by atoms with Gasteiger partial charge in [-0.2, -0.15) is 5.26 Å². The van der Waals surface area contributed by atoms with E-state index in [0.29, 0.717) is 5.13 Å². The molecule has 0 aliphatic rings. The number of aromatic nitrogens is 1. The molecule has 0 saturated carbocycles. The number of hydrogen-bond donors (Lipinski definition) is 1. The van der Waals surface area contributed by atoms with Gasteiger partial charge in [0.15, 0.2) is 10.9 Å². The zero-order valence-corrected chi connectivity index (χ0v) is 10.6. The summed E-state index contributed by atoms with van der Waals surface area (Å²) >= 11 is 1.25. The minimum Gasteiger partial charge on any atom is -0.258 e. The highest BCUT2D eigenvalue weighted by molar-refractivity contribution is 7.93. The molecule has 1 heterocycles. The first kappa shape index (κ1) is 11.8. The third kappa shape index (κ3) is 2.72. The Morgan fingerprint density at radius 3 is 3.00 bits per heavy atom. The number of fused-ring (bicyclic) bond motifs is 1. The van der Waals surface area contributed by atoms with Crippen LogP contribution in [-0.4, -0.2) is 19.2 Å². The van der Waals surface area contributed by atoms with Gasteiger partial charge < -0.3 is 0 Å². The Balaban J connectivity index is 2.35. The molecular weight excluding hydrogens is 258 g/mol. The lowest BCUT2D eigenvalue weighted by Crippen LogP contribution is -2.15. The first-order valence-corrected chi connectivity index (χ1v) is 7.22. The number of aryl methyl sites for hydroxylation is 1. The second-order valence-electron chi connectivity index (χ2n) is 3.51. The molecule has 0 aliphatic heterocycles. The van der Waals surface area contributed by atoms with Gasteiger partial charge in [0.1, 0.15) is 0 Å². The summed E-state index contributed by atoms with van der Waals surface area (Å²) < 4.78 is 26.0. The predicted molar refractivity (Wildman–Crippen MR) is 67.4 cm³/mol. The lowest BCUT2D eigenvalue weighted by atomic mass is 10.2. The normalized spacial score (nSPS) is 11.3. The van der Waals surface area contributed by atoms with E-state index in [1.807, 2.05) is 25.1 Å². The van der Waals surface area contributed by atoms with Gasteiger partial charge in [-0.25, -0.2) is 13.4 Å². The zero-order valence-electron chi connectivity index (χ0n) is 8.97. The maximum Gasteiger partial charge on any atom is 0.247 e. The summed E-state index contributed by atoms with van der Waals surface area (Å²) in [7, 11) is -3.61. The monoisotopic (exact) mass is 267 g/mol. The topological polar surface area (TPSA) is 82.8 Å². The van der Waals surface area contributed by atoms with E-state index in [2.05, 4.69) is 9.71 Å². The Morgan fingerprint density at radius 2 is 2.29 bits per heavy atom. The van der Waals surface area contributed by atoms with Crippen LogP contribution >= 0.6 is 11.3 Å². The first-order valence-electron chi connectivity index (χ1n) is 4.75. The molecule has 1 aromatic carbocycles. The summed E-state index contributed by atoms with van der Waals surface area (Å²) in [6, 6.07) is 7.29. The molecule has 1 aromatic heterocycles. The van der Waals surface area contributed by atoms with E-state index in [1.54, 1.807) is 6.07 Å². The van der Waals surface area contributed by atoms with Crippen molar-refractivity contribution in [3.8, 4) is 6.07 Å². The van der Waals surface area contributed by atoms with Crippen LogP contribution in [0.5, 0.6) is 0 Å². The maximum atomic E-state index is 11.4. The zero-order chi connectivity index (χ0) is 12.5. The predicted octanol–water partition coefficient (Wildman–Crippen LogP) is 1.87. The van der Waals surface area contributed by atoms with Gasteiger partial charge in [0.05, 0.1) is 16.3 Å². The number of benzene rings is 1. The summed E-state index contributed by atoms with van der Waals surface area (Å²) in [6.07, 6.45) is 0. The fraction of sp³-hybridized carbons (Fsp3) is 0.200. The van der Waals surface area contributed by atoms with Gasteiger partial charge in [0.2, 0.25) is 10.0 Å². The number of rotatable bonds is 3. The van der Waals surface area contributed by atoms with Gasteiger partial charge in [-0.3, -0.25) is 4.72 Å². The van der Waals surface area contributed by atoms with Gasteiger partial charge in [-0.15, -0.1) is 0 Å². The minimum absolute atomic E-state index is 0.292.